The number of hydrogen-bond acceptors (Lipinski definition) is 1. The highest BCUT2D eigenvalue weighted by Gasteiger charge is 2.22. The van der Waals surface area contributed by atoms with Gasteiger partial charge in [-0.1, -0.05) is 46.0 Å². The fourth-order valence-corrected chi connectivity index (χ4v) is 2.84. The van der Waals surface area contributed by atoms with Gasteiger partial charge in [0.1, 0.15) is 0 Å². The Balaban J connectivity index is 2.43. The van der Waals surface area contributed by atoms with Gasteiger partial charge < -0.3 is 5.32 Å². The van der Waals surface area contributed by atoms with Crippen molar-refractivity contribution in [2.75, 3.05) is 5.88 Å². The monoisotopic (exact) mass is 259 g/mol. The van der Waals surface area contributed by atoms with E-state index in [1.165, 1.54) is 32.1 Å². The molecule has 0 aromatic heterocycles. The first-order chi connectivity index (χ1) is 8.15. The second-order valence-electron chi connectivity index (χ2n) is 5.56. The van der Waals surface area contributed by atoms with E-state index in [1.54, 1.807) is 0 Å². The Kier molecular flexibility index (Phi) is 6.94. The molecule has 1 atom stereocenters. The number of carbonyl (C=O) groups excluding carboxylic acids is 1. The summed E-state index contributed by atoms with van der Waals surface area (Å²) in [4.78, 5) is 12.2. The molecule has 1 amide bonds. The van der Waals surface area contributed by atoms with Crippen LogP contribution < -0.4 is 5.32 Å². The number of amides is 1. The summed E-state index contributed by atoms with van der Waals surface area (Å²) in [5, 5.41) is 3.11. The maximum absolute atomic E-state index is 12.2. The third-order valence-electron chi connectivity index (χ3n) is 3.77. The highest BCUT2D eigenvalue weighted by molar-refractivity contribution is 6.18. The van der Waals surface area contributed by atoms with Crippen LogP contribution in [0.3, 0.4) is 0 Å². The van der Waals surface area contributed by atoms with Gasteiger partial charge in [-0.3, -0.25) is 4.79 Å². The van der Waals surface area contributed by atoms with Gasteiger partial charge in [-0.25, -0.2) is 0 Å². The van der Waals surface area contributed by atoms with E-state index in [9.17, 15) is 4.79 Å². The normalized spacial score (nSPS) is 20.7. The molecule has 1 unspecified atom stereocenters. The number of nitrogens with one attached hydrogen (secondary N) is 1. The number of carbonyl (C=O) groups is 1. The largest absolute Gasteiger partial charge is 0.352 e. The Morgan fingerprint density at radius 2 is 1.71 bits per heavy atom. The van der Waals surface area contributed by atoms with Crippen LogP contribution in [0.5, 0.6) is 0 Å². The molecule has 1 fully saturated rings. The van der Waals surface area contributed by atoms with Gasteiger partial charge in [0.25, 0.3) is 0 Å². The van der Waals surface area contributed by atoms with E-state index in [0.29, 0.717) is 11.8 Å². The van der Waals surface area contributed by atoms with E-state index in [-0.39, 0.29) is 17.9 Å². The third kappa shape index (κ3) is 5.29. The fourth-order valence-electron chi connectivity index (χ4n) is 2.40. The van der Waals surface area contributed by atoms with Crippen LogP contribution in [0, 0.1) is 11.8 Å². The van der Waals surface area contributed by atoms with Crippen LogP contribution in [0.25, 0.3) is 0 Å². The molecule has 0 bridgehead atoms. The van der Waals surface area contributed by atoms with Crippen LogP contribution in [0.4, 0.5) is 0 Å². The Bertz CT molecular complexity index is 222. The van der Waals surface area contributed by atoms with Crippen LogP contribution in [-0.4, -0.2) is 17.8 Å². The molecule has 0 aromatic rings. The number of hydrogen-bond donors (Lipinski definition) is 1. The predicted molar refractivity (Wildman–Crippen MR) is 73.3 cm³/mol. The molecule has 0 spiro atoms. The minimum Gasteiger partial charge on any atom is -0.352 e. The predicted octanol–water partition coefficient (Wildman–Crippen LogP) is 3.73. The first kappa shape index (κ1) is 14.8. The van der Waals surface area contributed by atoms with Crippen molar-refractivity contribution < 1.29 is 4.79 Å². The van der Waals surface area contributed by atoms with E-state index in [4.69, 9.17) is 11.6 Å². The summed E-state index contributed by atoms with van der Waals surface area (Å²) in [5.74, 6) is 1.37. The Morgan fingerprint density at radius 3 is 2.18 bits per heavy atom. The van der Waals surface area contributed by atoms with E-state index in [0.717, 1.165) is 12.8 Å². The quantitative estimate of drug-likeness (QED) is 0.766. The van der Waals surface area contributed by atoms with Gasteiger partial charge in [-0.2, -0.15) is 0 Å². The summed E-state index contributed by atoms with van der Waals surface area (Å²) in [6, 6.07) is 0.120. The minimum absolute atomic E-state index is 0.120. The van der Waals surface area contributed by atoms with Gasteiger partial charge >= 0.3 is 0 Å². The molecule has 0 radical (unpaired) electrons. The third-order valence-corrected chi connectivity index (χ3v) is 4.11. The highest BCUT2D eigenvalue weighted by Crippen LogP contribution is 2.22. The van der Waals surface area contributed by atoms with E-state index in [2.05, 4.69) is 19.2 Å². The summed E-state index contributed by atoms with van der Waals surface area (Å²) in [6.07, 6.45) is 8.42. The van der Waals surface area contributed by atoms with Crippen LogP contribution >= 0.6 is 11.6 Å². The number of alkyl halides is 1. The smallest absolute Gasteiger partial charge is 0.223 e. The van der Waals surface area contributed by atoms with Crippen molar-refractivity contribution in [3.63, 3.8) is 0 Å². The van der Waals surface area contributed by atoms with Crippen molar-refractivity contribution >= 4 is 17.5 Å². The molecule has 100 valence electrons. The first-order valence-corrected chi connectivity index (χ1v) is 7.55. The lowest BCUT2D eigenvalue weighted by Crippen LogP contribution is -2.43. The summed E-state index contributed by atoms with van der Waals surface area (Å²) >= 11 is 5.89. The van der Waals surface area contributed by atoms with E-state index < -0.39 is 0 Å². The summed E-state index contributed by atoms with van der Waals surface area (Å²) in [6.45, 7) is 4.21. The molecule has 0 heterocycles. The van der Waals surface area contributed by atoms with Gasteiger partial charge in [0.05, 0.1) is 0 Å². The zero-order valence-corrected chi connectivity index (χ0v) is 11.9. The molecular formula is C14H26ClNO. The molecule has 1 aliphatic carbocycles. The van der Waals surface area contributed by atoms with Crippen LogP contribution in [0.2, 0.25) is 0 Å². The molecule has 0 saturated heterocycles. The van der Waals surface area contributed by atoms with E-state index >= 15 is 0 Å². The van der Waals surface area contributed by atoms with Crippen LogP contribution in [0.15, 0.2) is 0 Å². The lowest BCUT2D eigenvalue weighted by Gasteiger charge is -2.24. The first-order valence-electron chi connectivity index (χ1n) is 7.01. The van der Waals surface area contributed by atoms with Crippen molar-refractivity contribution in [1.29, 1.82) is 0 Å². The molecule has 1 rings (SSSR count). The van der Waals surface area contributed by atoms with Crippen molar-refractivity contribution in [3.05, 3.63) is 0 Å². The van der Waals surface area contributed by atoms with Gasteiger partial charge in [-0.15, -0.1) is 11.6 Å². The number of halogens is 1. The standard InChI is InChI=1S/C14H26ClNO/c1-11(2)13(10-15)16-14(17)12-8-6-4-3-5-7-9-12/h11-13H,3-10H2,1-2H3,(H,16,17). The van der Waals surface area contributed by atoms with Gasteiger partial charge in [-0.05, 0) is 18.8 Å². The van der Waals surface area contributed by atoms with Gasteiger partial charge in [0.2, 0.25) is 5.91 Å². The average molecular weight is 260 g/mol. The van der Waals surface area contributed by atoms with Crippen molar-refractivity contribution in [2.45, 2.75) is 64.8 Å². The zero-order chi connectivity index (χ0) is 12.7. The van der Waals surface area contributed by atoms with Crippen LogP contribution in [-0.2, 0) is 4.79 Å². The maximum atomic E-state index is 12.2. The van der Waals surface area contributed by atoms with Gasteiger partial charge in [0.15, 0.2) is 0 Å². The molecule has 1 N–H and O–H groups in total. The molecule has 1 saturated carbocycles. The Morgan fingerprint density at radius 1 is 1.18 bits per heavy atom. The van der Waals surface area contributed by atoms with Gasteiger partial charge in [0, 0.05) is 17.8 Å². The molecule has 0 aromatic carbocycles. The lowest BCUT2D eigenvalue weighted by molar-refractivity contribution is -0.126. The summed E-state index contributed by atoms with van der Waals surface area (Å²) in [7, 11) is 0. The lowest BCUT2D eigenvalue weighted by atomic mass is 9.90. The highest BCUT2D eigenvalue weighted by atomic mass is 35.5. The number of rotatable bonds is 4. The molecule has 0 aliphatic heterocycles. The molecule has 1 aliphatic rings. The van der Waals surface area contributed by atoms with Crippen LogP contribution in [0.1, 0.15) is 58.8 Å². The minimum atomic E-state index is 0.120. The molecule has 17 heavy (non-hydrogen) atoms. The van der Waals surface area contributed by atoms with E-state index in [1.807, 2.05) is 0 Å². The summed E-state index contributed by atoms with van der Waals surface area (Å²) in [5.41, 5.74) is 0. The maximum Gasteiger partial charge on any atom is 0.223 e. The Labute approximate surface area is 110 Å². The second kappa shape index (κ2) is 7.97. The van der Waals surface area contributed by atoms with Crippen molar-refractivity contribution in [1.82, 2.24) is 5.32 Å². The zero-order valence-electron chi connectivity index (χ0n) is 11.2. The SMILES string of the molecule is CC(C)C(CCl)NC(=O)C1CCCCCCC1. The topological polar surface area (TPSA) is 29.1 Å². The van der Waals surface area contributed by atoms with Crippen molar-refractivity contribution in [3.8, 4) is 0 Å². The van der Waals surface area contributed by atoms with Crippen molar-refractivity contribution in [2.24, 2.45) is 11.8 Å². The molecular weight excluding hydrogens is 234 g/mol. The second-order valence-corrected chi connectivity index (χ2v) is 5.86. The Hall–Kier alpha value is -0.240. The summed E-state index contributed by atoms with van der Waals surface area (Å²) < 4.78 is 0. The molecule has 3 heteroatoms. The fraction of sp³-hybridized carbons (Fsp3) is 0.929. The molecule has 2 nitrogen and oxygen atoms in total. The average Bonchev–Trinajstić information content (AvgIpc) is 2.24.